The van der Waals surface area contributed by atoms with E-state index >= 15 is 0 Å². The van der Waals surface area contributed by atoms with Crippen LogP contribution >= 0.6 is 0 Å². The summed E-state index contributed by atoms with van der Waals surface area (Å²) in [4.78, 5) is 42.7. The predicted molar refractivity (Wildman–Crippen MR) is 97.9 cm³/mol. The Morgan fingerprint density at radius 1 is 0.923 bits per heavy atom. The summed E-state index contributed by atoms with van der Waals surface area (Å²) in [5, 5.41) is 0. The van der Waals surface area contributed by atoms with Gasteiger partial charge in [-0.3, -0.25) is 19.3 Å². The lowest BCUT2D eigenvalue weighted by Gasteiger charge is -2.41. The number of anilines is 1. The quantitative estimate of drug-likeness (QED) is 0.779. The SMILES string of the molecule is CN(C)c1ccc(C(=O)N2C3CCC2CC(N2C(=O)CCC2=O)C3)cc1. The summed E-state index contributed by atoms with van der Waals surface area (Å²) in [5.41, 5.74) is 1.77. The highest BCUT2D eigenvalue weighted by Gasteiger charge is 2.47. The second kappa shape index (κ2) is 6.41. The van der Waals surface area contributed by atoms with Crippen molar-refractivity contribution < 1.29 is 14.4 Å². The Bertz CT molecular complexity index is 713. The maximum absolute atomic E-state index is 13.1. The third kappa shape index (κ3) is 2.77. The van der Waals surface area contributed by atoms with E-state index in [4.69, 9.17) is 0 Å². The fraction of sp³-hybridized carbons (Fsp3) is 0.550. The normalized spacial score (nSPS) is 28.0. The Morgan fingerprint density at radius 2 is 1.46 bits per heavy atom. The molecule has 0 aliphatic carbocycles. The van der Waals surface area contributed by atoms with Crippen molar-refractivity contribution >= 4 is 23.4 Å². The first-order chi connectivity index (χ1) is 12.5. The van der Waals surface area contributed by atoms with Crippen molar-refractivity contribution in [1.82, 2.24) is 9.80 Å². The molecule has 0 spiro atoms. The molecular weight excluding hydrogens is 330 g/mol. The smallest absolute Gasteiger partial charge is 0.254 e. The maximum Gasteiger partial charge on any atom is 0.254 e. The van der Waals surface area contributed by atoms with Gasteiger partial charge in [-0.05, 0) is 49.9 Å². The highest BCUT2D eigenvalue weighted by Crippen LogP contribution is 2.39. The van der Waals surface area contributed by atoms with E-state index in [1.807, 2.05) is 48.2 Å². The molecule has 2 atom stereocenters. The summed E-state index contributed by atoms with van der Waals surface area (Å²) in [6, 6.07) is 7.91. The summed E-state index contributed by atoms with van der Waals surface area (Å²) in [7, 11) is 3.95. The van der Waals surface area contributed by atoms with Crippen LogP contribution in [0.1, 0.15) is 48.9 Å². The minimum Gasteiger partial charge on any atom is -0.378 e. The zero-order valence-electron chi connectivity index (χ0n) is 15.4. The molecule has 0 aromatic heterocycles. The first-order valence-electron chi connectivity index (χ1n) is 9.40. The molecular formula is C20H25N3O3. The number of piperidine rings is 1. The molecule has 4 rings (SSSR count). The molecule has 3 aliphatic heterocycles. The monoisotopic (exact) mass is 355 g/mol. The van der Waals surface area contributed by atoms with Gasteiger partial charge in [-0.25, -0.2) is 0 Å². The van der Waals surface area contributed by atoms with Gasteiger partial charge >= 0.3 is 0 Å². The Labute approximate surface area is 153 Å². The van der Waals surface area contributed by atoms with Gasteiger partial charge < -0.3 is 9.80 Å². The molecule has 2 bridgehead atoms. The molecule has 6 heteroatoms. The number of hydrogen-bond donors (Lipinski definition) is 0. The Balaban J connectivity index is 1.50. The van der Waals surface area contributed by atoms with Crippen molar-refractivity contribution in [3.8, 4) is 0 Å². The van der Waals surface area contributed by atoms with Crippen LogP contribution < -0.4 is 4.90 Å². The van der Waals surface area contributed by atoms with Crippen LogP contribution in [0.3, 0.4) is 0 Å². The highest BCUT2D eigenvalue weighted by atomic mass is 16.2. The van der Waals surface area contributed by atoms with Crippen LogP contribution in [0.2, 0.25) is 0 Å². The van der Waals surface area contributed by atoms with Gasteiger partial charge in [0, 0.05) is 56.3 Å². The van der Waals surface area contributed by atoms with Crippen LogP contribution in [0.25, 0.3) is 0 Å². The minimum absolute atomic E-state index is 0.0323. The van der Waals surface area contributed by atoms with E-state index in [9.17, 15) is 14.4 Å². The number of carbonyl (C=O) groups is 3. The molecule has 0 saturated carbocycles. The molecule has 3 amide bonds. The maximum atomic E-state index is 13.1. The first-order valence-corrected chi connectivity index (χ1v) is 9.40. The number of fused-ring (bicyclic) bond motifs is 2. The van der Waals surface area contributed by atoms with Gasteiger partial charge in [0.1, 0.15) is 0 Å². The van der Waals surface area contributed by atoms with Crippen molar-refractivity contribution in [2.75, 3.05) is 19.0 Å². The highest BCUT2D eigenvalue weighted by molar-refractivity contribution is 6.02. The van der Waals surface area contributed by atoms with E-state index in [1.54, 1.807) is 0 Å². The lowest BCUT2D eigenvalue weighted by Crippen LogP contribution is -2.53. The van der Waals surface area contributed by atoms with Gasteiger partial charge in [-0.15, -0.1) is 0 Å². The van der Waals surface area contributed by atoms with E-state index in [2.05, 4.69) is 0 Å². The van der Waals surface area contributed by atoms with E-state index in [-0.39, 0.29) is 35.8 Å². The van der Waals surface area contributed by atoms with Gasteiger partial charge in [-0.2, -0.15) is 0 Å². The van der Waals surface area contributed by atoms with Crippen LogP contribution in [-0.2, 0) is 9.59 Å². The van der Waals surface area contributed by atoms with Crippen LogP contribution in [0.15, 0.2) is 24.3 Å². The number of amides is 3. The fourth-order valence-corrected chi connectivity index (χ4v) is 4.74. The predicted octanol–water partition coefficient (Wildman–Crippen LogP) is 2.04. The van der Waals surface area contributed by atoms with Gasteiger partial charge in [0.05, 0.1) is 0 Å². The zero-order valence-corrected chi connectivity index (χ0v) is 15.4. The summed E-state index contributed by atoms with van der Waals surface area (Å²) in [6.07, 6.45) is 4.03. The van der Waals surface area contributed by atoms with E-state index in [1.165, 1.54) is 4.90 Å². The molecule has 138 valence electrons. The first kappa shape index (κ1) is 17.1. The summed E-state index contributed by atoms with van der Waals surface area (Å²) < 4.78 is 0. The molecule has 26 heavy (non-hydrogen) atoms. The van der Waals surface area contributed by atoms with Crippen LogP contribution in [0.5, 0.6) is 0 Å². The zero-order chi connectivity index (χ0) is 18.4. The molecule has 1 aromatic carbocycles. The van der Waals surface area contributed by atoms with Gasteiger partial charge in [0.15, 0.2) is 0 Å². The lowest BCUT2D eigenvalue weighted by atomic mass is 9.95. The Hall–Kier alpha value is -2.37. The number of rotatable bonds is 3. The van der Waals surface area contributed by atoms with E-state index < -0.39 is 0 Å². The lowest BCUT2D eigenvalue weighted by molar-refractivity contribution is -0.142. The van der Waals surface area contributed by atoms with Crippen LogP contribution in [0.4, 0.5) is 5.69 Å². The number of hydrogen-bond acceptors (Lipinski definition) is 4. The third-order valence-corrected chi connectivity index (χ3v) is 6.03. The van der Waals surface area contributed by atoms with Crippen molar-refractivity contribution in [2.45, 2.75) is 56.7 Å². The number of carbonyl (C=O) groups excluding carboxylic acids is 3. The van der Waals surface area contributed by atoms with Crippen molar-refractivity contribution in [2.24, 2.45) is 0 Å². The second-order valence-electron chi connectivity index (χ2n) is 7.82. The van der Waals surface area contributed by atoms with Crippen molar-refractivity contribution in [3.63, 3.8) is 0 Å². The summed E-state index contributed by atoms with van der Waals surface area (Å²) in [5.74, 6) is -0.0165. The summed E-state index contributed by atoms with van der Waals surface area (Å²) in [6.45, 7) is 0. The van der Waals surface area contributed by atoms with Gasteiger partial charge in [0.2, 0.25) is 11.8 Å². The molecule has 3 aliphatic rings. The number of nitrogens with zero attached hydrogens (tertiary/aromatic N) is 3. The molecule has 3 heterocycles. The van der Waals surface area contributed by atoms with E-state index in [0.29, 0.717) is 18.4 Å². The minimum atomic E-state index is -0.0431. The average Bonchev–Trinajstić information content (AvgIpc) is 3.10. The molecule has 0 N–H and O–H groups in total. The van der Waals surface area contributed by atoms with Crippen molar-refractivity contribution in [1.29, 1.82) is 0 Å². The Kier molecular flexibility index (Phi) is 4.21. The van der Waals surface area contributed by atoms with Gasteiger partial charge in [-0.1, -0.05) is 0 Å². The standard InChI is InChI=1S/C20H25N3O3/c1-21(2)14-5-3-13(4-6-14)20(26)22-15-7-8-16(22)12-17(11-15)23-18(24)9-10-19(23)25/h3-6,15-17H,7-12H2,1-2H3. The molecule has 1 aromatic rings. The third-order valence-electron chi connectivity index (χ3n) is 6.03. The van der Waals surface area contributed by atoms with Crippen LogP contribution in [0, 0.1) is 0 Å². The van der Waals surface area contributed by atoms with Crippen LogP contribution in [-0.4, -0.2) is 59.7 Å². The Morgan fingerprint density at radius 3 is 1.96 bits per heavy atom. The molecule has 0 radical (unpaired) electrons. The van der Waals surface area contributed by atoms with E-state index in [0.717, 1.165) is 31.4 Å². The number of benzene rings is 1. The molecule has 2 unspecified atom stereocenters. The largest absolute Gasteiger partial charge is 0.378 e. The second-order valence-corrected chi connectivity index (χ2v) is 7.82. The fourth-order valence-electron chi connectivity index (χ4n) is 4.74. The van der Waals surface area contributed by atoms with Crippen molar-refractivity contribution in [3.05, 3.63) is 29.8 Å². The number of imide groups is 1. The number of likely N-dealkylation sites (tertiary alicyclic amines) is 1. The topological polar surface area (TPSA) is 60.9 Å². The van der Waals surface area contributed by atoms with Gasteiger partial charge in [0.25, 0.3) is 5.91 Å². The molecule has 6 nitrogen and oxygen atoms in total. The molecule has 3 fully saturated rings. The molecule has 3 saturated heterocycles. The summed E-state index contributed by atoms with van der Waals surface area (Å²) >= 11 is 0. The average molecular weight is 355 g/mol.